The zero-order chi connectivity index (χ0) is 19.3. The summed E-state index contributed by atoms with van der Waals surface area (Å²) in [4.78, 5) is 15.0. The summed E-state index contributed by atoms with van der Waals surface area (Å²) < 4.78 is 11.2. The molecule has 0 spiro atoms. The van der Waals surface area contributed by atoms with E-state index in [1.165, 1.54) is 12.0 Å². The molecule has 1 N–H and O–H groups in total. The smallest absolute Gasteiger partial charge is 0.317 e. The van der Waals surface area contributed by atoms with E-state index in [0.29, 0.717) is 25.2 Å². The molecule has 0 unspecified atom stereocenters. The quantitative estimate of drug-likeness (QED) is 0.844. The van der Waals surface area contributed by atoms with Crippen LogP contribution in [0.25, 0.3) is 0 Å². The van der Waals surface area contributed by atoms with Crippen LogP contribution in [0, 0.1) is 0 Å². The van der Waals surface area contributed by atoms with Crippen LogP contribution >= 0.6 is 0 Å². The SMILES string of the molecule is CCOc1ccc(C2(CNC(=O)N3[C@@H](C)CCC[C@@H]3C)CCOCC2)cc1. The third kappa shape index (κ3) is 4.57. The van der Waals surface area contributed by atoms with Crippen LogP contribution < -0.4 is 10.1 Å². The van der Waals surface area contributed by atoms with Crippen molar-refractivity contribution in [3.05, 3.63) is 29.8 Å². The number of rotatable bonds is 5. The lowest BCUT2D eigenvalue weighted by Crippen LogP contribution is -2.54. The van der Waals surface area contributed by atoms with Gasteiger partial charge in [0.2, 0.25) is 0 Å². The Morgan fingerprint density at radius 2 is 1.81 bits per heavy atom. The molecule has 2 aliphatic rings. The number of piperidine rings is 1. The number of ether oxygens (including phenoxy) is 2. The lowest BCUT2D eigenvalue weighted by Gasteiger charge is -2.41. The Labute approximate surface area is 163 Å². The van der Waals surface area contributed by atoms with Gasteiger partial charge in [-0.15, -0.1) is 0 Å². The molecule has 2 amide bonds. The van der Waals surface area contributed by atoms with Crippen LogP contribution in [0.4, 0.5) is 4.79 Å². The van der Waals surface area contributed by atoms with E-state index in [9.17, 15) is 4.79 Å². The molecule has 5 heteroatoms. The van der Waals surface area contributed by atoms with E-state index in [0.717, 1.165) is 44.6 Å². The van der Waals surface area contributed by atoms with Crippen molar-refractivity contribution in [3.8, 4) is 5.75 Å². The Morgan fingerprint density at radius 1 is 1.19 bits per heavy atom. The van der Waals surface area contributed by atoms with E-state index < -0.39 is 0 Å². The number of carbonyl (C=O) groups excluding carboxylic acids is 1. The molecule has 2 saturated heterocycles. The lowest BCUT2D eigenvalue weighted by molar-refractivity contribution is 0.0489. The summed E-state index contributed by atoms with van der Waals surface area (Å²) >= 11 is 0. The number of urea groups is 1. The van der Waals surface area contributed by atoms with Gasteiger partial charge in [-0.05, 0) is 70.6 Å². The predicted octanol–water partition coefficient (Wildman–Crippen LogP) is 4.11. The van der Waals surface area contributed by atoms with Crippen LogP contribution in [0.3, 0.4) is 0 Å². The van der Waals surface area contributed by atoms with Gasteiger partial charge in [0.15, 0.2) is 0 Å². The highest BCUT2D eigenvalue weighted by Gasteiger charge is 2.36. The van der Waals surface area contributed by atoms with Gasteiger partial charge in [0.05, 0.1) is 6.61 Å². The molecule has 0 aliphatic carbocycles. The van der Waals surface area contributed by atoms with E-state index >= 15 is 0 Å². The number of benzene rings is 1. The largest absolute Gasteiger partial charge is 0.494 e. The first-order valence-corrected chi connectivity index (χ1v) is 10.4. The summed E-state index contributed by atoms with van der Waals surface area (Å²) in [6.07, 6.45) is 5.24. The molecule has 3 rings (SSSR count). The fraction of sp³-hybridized carbons (Fsp3) is 0.682. The Balaban J connectivity index is 1.72. The van der Waals surface area contributed by atoms with Crippen LogP contribution in [-0.4, -0.2) is 49.4 Å². The molecule has 0 bridgehead atoms. The van der Waals surface area contributed by atoms with Gasteiger partial charge in [0, 0.05) is 37.3 Å². The molecule has 1 aromatic rings. The molecule has 0 aromatic heterocycles. The minimum Gasteiger partial charge on any atom is -0.494 e. The molecular weight excluding hydrogens is 340 g/mol. The van der Waals surface area contributed by atoms with Crippen LogP contribution in [0.2, 0.25) is 0 Å². The first-order valence-electron chi connectivity index (χ1n) is 10.4. The molecule has 0 saturated carbocycles. The minimum atomic E-state index is -0.0685. The number of amides is 2. The van der Waals surface area contributed by atoms with Crippen LogP contribution in [0.15, 0.2) is 24.3 Å². The predicted molar refractivity (Wildman–Crippen MR) is 107 cm³/mol. The summed E-state index contributed by atoms with van der Waals surface area (Å²) in [5.41, 5.74) is 1.19. The monoisotopic (exact) mass is 374 g/mol. The van der Waals surface area contributed by atoms with Crippen molar-refractivity contribution in [2.45, 2.75) is 70.4 Å². The van der Waals surface area contributed by atoms with Crippen LogP contribution in [0.1, 0.15) is 58.4 Å². The van der Waals surface area contributed by atoms with E-state index in [4.69, 9.17) is 9.47 Å². The second-order valence-electron chi connectivity index (χ2n) is 8.05. The zero-order valence-corrected chi connectivity index (χ0v) is 17.0. The van der Waals surface area contributed by atoms with Crippen molar-refractivity contribution < 1.29 is 14.3 Å². The van der Waals surface area contributed by atoms with Gasteiger partial charge in [-0.1, -0.05) is 12.1 Å². The topological polar surface area (TPSA) is 50.8 Å². The molecule has 0 radical (unpaired) electrons. The van der Waals surface area contributed by atoms with Gasteiger partial charge < -0.3 is 19.7 Å². The Hall–Kier alpha value is -1.75. The maximum absolute atomic E-state index is 12.9. The molecule has 2 atom stereocenters. The van der Waals surface area contributed by atoms with E-state index in [2.05, 4.69) is 31.3 Å². The van der Waals surface area contributed by atoms with Gasteiger partial charge in [-0.3, -0.25) is 0 Å². The molecule has 2 aliphatic heterocycles. The van der Waals surface area contributed by atoms with Crippen LogP contribution in [0.5, 0.6) is 5.75 Å². The van der Waals surface area contributed by atoms with Gasteiger partial charge in [-0.2, -0.15) is 0 Å². The number of hydrogen-bond donors (Lipinski definition) is 1. The highest BCUT2D eigenvalue weighted by atomic mass is 16.5. The normalized spacial score (nSPS) is 25.1. The second-order valence-corrected chi connectivity index (χ2v) is 8.05. The van der Waals surface area contributed by atoms with Crippen LogP contribution in [-0.2, 0) is 10.2 Å². The Bertz CT molecular complexity index is 600. The fourth-order valence-corrected chi connectivity index (χ4v) is 4.56. The second kappa shape index (κ2) is 8.96. The first-order chi connectivity index (χ1) is 13.1. The highest BCUT2D eigenvalue weighted by molar-refractivity contribution is 5.75. The summed E-state index contributed by atoms with van der Waals surface area (Å²) in [7, 11) is 0. The van der Waals surface area contributed by atoms with Crippen molar-refractivity contribution in [2.75, 3.05) is 26.4 Å². The minimum absolute atomic E-state index is 0.0685. The third-order valence-corrected chi connectivity index (χ3v) is 6.23. The standard InChI is InChI=1S/C22H34N2O3/c1-4-27-20-10-8-19(9-11-20)22(12-14-26-15-13-22)16-23-21(25)24-17(2)6-5-7-18(24)3/h8-11,17-18H,4-7,12-16H2,1-3H3,(H,23,25)/t17-,18-/m0/s1. The van der Waals surface area contributed by atoms with E-state index in [-0.39, 0.29) is 11.4 Å². The number of carbonyl (C=O) groups is 1. The highest BCUT2D eigenvalue weighted by Crippen LogP contribution is 2.35. The fourth-order valence-electron chi connectivity index (χ4n) is 4.56. The van der Waals surface area contributed by atoms with Crippen molar-refractivity contribution in [1.82, 2.24) is 10.2 Å². The van der Waals surface area contributed by atoms with Gasteiger partial charge in [0.1, 0.15) is 5.75 Å². The molecule has 150 valence electrons. The summed E-state index contributed by atoms with van der Waals surface area (Å²) in [5, 5.41) is 3.26. The lowest BCUT2D eigenvalue weighted by atomic mass is 9.74. The third-order valence-electron chi connectivity index (χ3n) is 6.23. The molecule has 27 heavy (non-hydrogen) atoms. The van der Waals surface area contributed by atoms with Crippen molar-refractivity contribution >= 4 is 6.03 Å². The maximum atomic E-state index is 12.9. The Morgan fingerprint density at radius 3 is 2.41 bits per heavy atom. The zero-order valence-electron chi connectivity index (χ0n) is 17.0. The number of nitrogens with zero attached hydrogens (tertiary/aromatic N) is 1. The first kappa shape index (κ1) is 20.0. The molecule has 1 aromatic carbocycles. The number of nitrogens with one attached hydrogen (secondary N) is 1. The van der Waals surface area contributed by atoms with Gasteiger partial charge >= 0.3 is 6.03 Å². The molecular formula is C22H34N2O3. The van der Waals surface area contributed by atoms with Gasteiger partial charge in [0.25, 0.3) is 0 Å². The Kier molecular flexibility index (Phi) is 6.64. The average Bonchev–Trinajstić information content (AvgIpc) is 2.68. The van der Waals surface area contributed by atoms with Crippen molar-refractivity contribution in [1.29, 1.82) is 0 Å². The summed E-state index contributed by atoms with van der Waals surface area (Å²) in [6, 6.07) is 9.06. The maximum Gasteiger partial charge on any atom is 0.317 e. The molecule has 5 nitrogen and oxygen atoms in total. The summed E-state index contributed by atoms with van der Waals surface area (Å²) in [6.45, 7) is 9.10. The number of hydrogen-bond acceptors (Lipinski definition) is 3. The van der Waals surface area contributed by atoms with E-state index in [1.54, 1.807) is 0 Å². The average molecular weight is 375 g/mol. The van der Waals surface area contributed by atoms with Crippen molar-refractivity contribution in [2.24, 2.45) is 0 Å². The number of likely N-dealkylation sites (tertiary alicyclic amines) is 1. The van der Waals surface area contributed by atoms with Crippen molar-refractivity contribution in [3.63, 3.8) is 0 Å². The molecule has 2 fully saturated rings. The summed E-state index contributed by atoms with van der Waals surface area (Å²) in [5.74, 6) is 0.892. The molecule has 2 heterocycles. The van der Waals surface area contributed by atoms with Gasteiger partial charge in [-0.25, -0.2) is 4.79 Å². The van der Waals surface area contributed by atoms with E-state index in [1.807, 2.05) is 24.0 Å².